The van der Waals surface area contributed by atoms with Crippen LogP contribution in [0, 0.1) is 6.92 Å². The molecule has 1 N–H and O–H groups in total. The van der Waals surface area contributed by atoms with Gasteiger partial charge in [-0.3, -0.25) is 14.8 Å². The van der Waals surface area contributed by atoms with Crippen molar-refractivity contribution in [3.8, 4) is 5.75 Å². The number of nitrogens with zero attached hydrogens (tertiary/aromatic N) is 3. The number of carbonyl (C=O) groups excluding carboxylic acids is 1. The topological polar surface area (TPSA) is 103 Å². The Kier molecular flexibility index (Phi) is 5.66. The molecule has 0 unspecified atom stereocenters. The minimum atomic E-state index is -3.95. The van der Waals surface area contributed by atoms with E-state index in [0.717, 1.165) is 9.67 Å². The van der Waals surface area contributed by atoms with Crippen LogP contribution in [-0.4, -0.2) is 35.4 Å². The Hall–Kier alpha value is -2.91. The van der Waals surface area contributed by atoms with Crippen LogP contribution in [0.15, 0.2) is 53.9 Å². The molecule has 0 fully saturated rings. The maximum atomic E-state index is 12.8. The number of methoxy groups -OCH3 is 1. The fourth-order valence-corrected chi connectivity index (χ4v) is 4.08. The van der Waals surface area contributed by atoms with Crippen molar-refractivity contribution in [2.45, 2.75) is 18.4 Å². The predicted molar refractivity (Wildman–Crippen MR) is 103 cm³/mol. The van der Waals surface area contributed by atoms with Crippen molar-refractivity contribution in [2.24, 2.45) is 0 Å². The average Bonchev–Trinajstić information content (AvgIpc) is 3.18. The number of hydrogen-bond acceptors (Lipinski definition) is 6. The van der Waals surface area contributed by atoms with E-state index in [1.165, 1.54) is 43.8 Å². The first-order valence-electron chi connectivity index (χ1n) is 8.14. The summed E-state index contributed by atoms with van der Waals surface area (Å²) in [4.78, 5) is 20.5. The Morgan fingerprint density at radius 3 is 2.68 bits per heavy atom. The van der Waals surface area contributed by atoms with E-state index >= 15 is 0 Å². The average molecular weight is 421 g/mol. The van der Waals surface area contributed by atoms with Gasteiger partial charge in [-0.1, -0.05) is 11.6 Å². The zero-order chi connectivity index (χ0) is 20.3. The maximum Gasteiger partial charge on any atom is 0.269 e. The van der Waals surface area contributed by atoms with Crippen molar-refractivity contribution in [2.75, 3.05) is 7.11 Å². The molecule has 10 heteroatoms. The minimum absolute atomic E-state index is 0.0250. The quantitative estimate of drug-likeness (QED) is 0.656. The van der Waals surface area contributed by atoms with Gasteiger partial charge in [0.1, 0.15) is 10.6 Å². The number of nitrogens with one attached hydrogen (secondary N) is 1. The summed E-state index contributed by atoms with van der Waals surface area (Å²) < 4.78 is 31.5. The summed E-state index contributed by atoms with van der Waals surface area (Å²) in [7, 11) is -2.50. The highest BCUT2D eigenvalue weighted by molar-refractivity contribution is 7.90. The van der Waals surface area contributed by atoms with Crippen LogP contribution < -0.4 is 10.1 Å². The lowest BCUT2D eigenvalue weighted by Crippen LogP contribution is -2.23. The van der Waals surface area contributed by atoms with Gasteiger partial charge in [0.25, 0.3) is 15.9 Å². The molecule has 0 radical (unpaired) electrons. The van der Waals surface area contributed by atoms with Crippen LogP contribution >= 0.6 is 11.6 Å². The van der Waals surface area contributed by atoms with E-state index in [0.29, 0.717) is 11.4 Å². The third kappa shape index (κ3) is 4.15. The summed E-state index contributed by atoms with van der Waals surface area (Å²) in [6.45, 7) is 1.99. The smallest absolute Gasteiger partial charge is 0.269 e. The van der Waals surface area contributed by atoms with Gasteiger partial charge in [0, 0.05) is 24.7 Å². The molecule has 0 saturated heterocycles. The monoisotopic (exact) mass is 420 g/mol. The summed E-state index contributed by atoms with van der Waals surface area (Å²) in [6, 6.07) is 5.67. The summed E-state index contributed by atoms with van der Waals surface area (Å²) in [5.41, 5.74) is 1.55. The third-order valence-electron chi connectivity index (χ3n) is 3.89. The molecular weight excluding hydrogens is 404 g/mol. The first kappa shape index (κ1) is 19.8. The molecule has 146 valence electrons. The molecule has 3 aromatic rings. The van der Waals surface area contributed by atoms with Crippen molar-refractivity contribution < 1.29 is 17.9 Å². The summed E-state index contributed by atoms with van der Waals surface area (Å²) in [5.74, 6) is 0.00730. The van der Waals surface area contributed by atoms with Crippen LogP contribution in [0.25, 0.3) is 0 Å². The summed E-state index contributed by atoms with van der Waals surface area (Å²) >= 11 is 6.08. The lowest BCUT2D eigenvalue weighted by atomic mass is 10.3. The summed E-state index contributed by atoms with van der Waals surface area (Å²) in [6.07, 6.45) is 5.68. The van der Waals surface area contributed by atoms with Crippen molar-refractivity contribution >= 4 is 27.5 Å². The molecular formula is C18H17ClN4O4S. The number of ether oxygens (including phenoxy) is 1. The molecule has 2 aromatic heterocycles. The molecule has 0 spiro atoms. The van der Waals surface area contributed by atoms with Crippen LogP contribution in [0.3, 0.4) is 0 Å². The Balaban J connectivity index is 1.77. The number of aromatic nitrogens is 3. The van der Waals surface area contributed by atoms with E-state index in [9.17, 15) is 13.2 Å². The Morgan fingerprint density at radius 2 is 2.04 bits per heavy atom. The van der Waals surface area contributed by atoms with Crippen molar-refractivity contribution in [1.82, 2.24) is 19.3 Å². The predicted octanol–water partition coefficient (Wildman–Crippen LogP) is 2.42. The van der Waals surface area contributed by atoms with Crippen molar-refractivity contribution in [1.29, 1.82) is 0 Å². The van der Waals surface area contributed by atoms with Crippen LogP contribution in [-0.2, 0) is 16.6 Å². The minimum Gasteiger partial charge on any atom is -0.497 e. The second kappa shape index (κ2) is 7.99. The highest BCUT2D eigenvalue weighted by Gasteiger charge is 2.22. The Morgan fingerprint density at radius 1 is 1.25 bits per heavy atom. The largest absolute Gasteiger partial charge is 0.497 e. The van der Waals surface area contributed by atoms with Crippen LogP contribution in [0.2, 0.25) is 5.02 Å². The molecule has 0 aliphatic heterocycles. The second-order valence-electron chi connectivity index (χ2n) is 5.86. The van der Waals surface area contributed by atoms with Gasteiger partial charge in [-0.15, -0.1) is 0 Å². The molecule has 2 heterocycles. The standard InChI is InChI=1S/C18H17ClN4O4S/c1-12-8-21-14(9-20-12)10-22-18(24)13-5-6-23(11-13)28(25,26)17-4-3-15(27-2)7-16(17)19/h3-9,11H,10H2,1-2H3,(H,22,24). The van der Waals surface area contributed by atoms with Crippen LogP contribution in [0.4, 0.5) is 0 Å². The highest BCUT2D eigenvalue weighted by Crippen LogP contribution is 2.28. The number of carbonyl (C=O) groups is 1. The number of hydrogen-bond donors (Lipinski definition) is 1. The van der Waals surface area contributed by atoms with Gasteiger partial charge < -0.3 is 10.1 Å². The number of benzene rings is 1. The van der Waals surface area contributed by atoms with Crippen LogP contribution in [0.1, 0.15) is 21.7 Å². The van der Waals surface area contributed by atoms with Crippen molar-refractivity contribution in [3.05, 3.63) is 71.0 Å². The molecule has 1 aromatic carbocycles. The van der Waals surface area contributed by atoms with Gasteiger partial charge in [-0.2, -0.15) is 0 Å². The first-order valence-corrected chi connectivity index (χ1v) is 9.96. The van der Waals surface area contributed by atoms with E-state index in [1.54, 1.807) is 12.4 Å². The van der Waals surface area contributed by atoms with Gasteiger partial charge in [0.05, 0.1) is 41.8 Å². The zero-order valence-corrected chi connectivity index (χ0v) is 16.7. The maximum absolute atomic E-state index is 12.8. The van der Waals surface area contributed by atoms with Gasteiger partial charge in [0.2, 0.25) is 0 Å². The first-order chi connectivity index (χ1) is 13.3. The van der Waals surface area contributed by atoms with E-state index in [-0.39, 0.29) is 22.0 Å². The van der Waals surface area contributed by atoms with Crippen LogP contribution in [0.5, 0.6) is 5.75 Å². The molecule has 8 nitrogen and oxygen atoms in total. The van der Waals surface area contributed by atoms with E-state index in [2.05, 4.69) is 15.3 Å². The van der Waals surface area contributed by atoms with E-state index in [1.807, 2.05) is 6.92 Å². The van der Waals surface area contributed by atoms with Gasteiger partial charge >= 0.3 is 0 Å². The number of aryl methyl sites for hydroxylation is 1. The molecule has 0 saturated carbocycles. The van der Waals surface area contributed by atoms with E-state index < -0.39 is 15.9 Å². The number of rotatable bonds is 6. The third-order valence-corrected chi connectivity index (χ3v) is 6.01. The normalized spacial score (nSPS) is 11.2. The highest BCUT2D eigenvalue weighted by atomic mass is 35.5. The van der Waals surface area contributed by atoms with Crippen molar-refractivity contribution in [3.63, 3.8) is 0 Å². The van der Waals surface area contributed by atoms with E-state index in [4.69, 9.17) is 16.3 Å². The second-order valence-corrected chi connectivity index (χ2v) is 8.08. The summed E-state index contributed by atoms with van der Waals surface area (Å²) in [5, 5.41) is 2.70. The lowest BCUT2D eigenvalue weighted by molar-refractivity contribution is 0.0950. The molecule has 28 heavy (non-hydrogen) atoms. The van der Waals surface area contributed by atoms with Gasteiger partial charge in [-0.25, -0.2) is 12.4 Å². The molecule has 1 amide bonds. The molecule has 0 bridgehead atoms. The lowest BCUT2D eigenvalue weighted by Gasteiger charge is -2.09. The Labute approximate surface area is 167 Å². The number of halogens is 1. The number of amides is 1. The van der Waals surface area contributed by atoms with Gasteiger partial charge in [-0.05, 0) is 25.1 Å². The zero-order valence-electron chi connectivity index (χ0n) is 15.1. The molecule has 3 rings (SSSR count). The SMILES string of the molecule is COc1ccc(S(=O)(=O)n2ccc(C(=O)NCc3cnc(C)cn3)c2)c(Cl)c1. The molecule has 0 atom stereocenters. The Bertz CT molecular complexity index is 1110. The fraction of sp³-hybridized carbons (Fsp3) is 0.167. The van der Waals surface area contributed by atoms with Gasteiger partial charge in [0.15, 0.2) is 0 Å². The molecule has 0 aliphatic rings. The molecule has 0 aliphatic carbocycles. The fourth-order valence-electron chi connectivity index (χ4n) is 2.38.